The van der Waals surface area contributed by atoms with Crippen molar-refractivity contribution in [3.05, 3.63) is 59.7 Å². The van der Waals surface area contributed by atoms with Crippen molar-refractivity contribution >= 4 is 43.6 Å². The molecule has 2 amide bonds. The van der Waals surface area contributed by atoms with E-state index in [0.717, 1.165) is 56.6 Å². The first-order chi connectivity index (χ1) is 24.4. The van der Waals surface area contributed by atoms with Crippen LogP contribution >= 0.6 is 0 Å². The molecule has 0 atom stereocenters. The molecule has 0 saturated carbocycles. The molecule has 5 heterocycles. The molecule has 0 aliphatic carbocycles. The Balaban J connectivity index is 0.000000177. The number of para-hydroxylation sites is 2. The zero-order valence-electron chi connectivity index (χ0n) is 29.9. The Morgan fingerprint density at radius 1 is 0.549 bits per heavy atom. The second-order valence-corrected chi connectivity index (χ2v) is 18.0. The largest absolute Gasteiger partial charge is 0.311 e. The molecule has 16 heteroatoms. The summed E-state index contributed by atoms with van der Waals surface area (Å²) >= 11 is 0. The van der Waals surface area contributed by atoms with Gasteiger partial charge in [-0.25, -0.2) is 0 Å². The van der Waals surface area contributed by atoms with Gasteiger partial charge in [-0.3, -0.25) is 19.4 Å². The fraction of sp³-hybridized carbons (Fsp3) is 0.600. The van der Waals surface area contributed by atoms with Gasteiger partial charge in [0, 0.05) is 104 Å². The highest BCUT2D eigenvalue weighted by Crippen LogP contribution is 2.29. The lowest BCUT2D eigenvalue weighted by molar-refractivity contribution is -0.120. The highest BCUT2D eigenvalue weighted by molar-refractivity contribution is 7.87. The van der Waals surface area contributed by atoms with Gasteiger partial charge in [0.25, 0.3) is 20.4 Å². The van der Waals surface area contributed by atoms with E-state index < -0.39 is 20.4 Å². The molecule has 3 fully saturated rings. The monoisotopic (exact) mass is 744 g/mol. The summed E-state index contributed by atoms with van der Waals surface area (Å²) in [4.78, 5) is 33.2. The zero-order valence-corrected chi connectivity index (χ0v) is 31.5. The predicted molar refractivity (Wildman–Crippen MR) is 198 cm³/mol. The van der Waals surface area contributed by atoms with Gasteiger partial charge in [-0.15, -0.1) is 0 Å². The summed E-state index contributed by atoms with van der Waals surface area (Å²) in [5.41, 5.74) is 4.47. The van der Waals surface area contributed by atoms with Crippen LogP contribution in [0.15, 0.2) is 48.5 Å². The lowest BCUT2D eigenvalue weighted by Crippen LogP contribution is -2.55. The maximum absolute atomic E-state index is 12.8. The normalized spacial score (nSPS) is 21.3. The Morgan fingerprint density at radius 2 is 0.961 bits per heavy atom. The molecule has 5 aliphatic rings. The third-order valence-electron chi connectivity index (χ3n) is 10.5. The zero-order chi connectivity index (χ0) is 36.2. The van der Waals surface area contributed by atoms with Crippen molar-refractivity contribution in [1.82, 2.24) is 27.0 Å². The maximum atomic E-state index is 12.8. The van der Waals surface area contributed by atoms with Crippen molar-refractivity contribution in [3.63, 3.8) is 0 Å². The Bertz CT molecular complexity index is 1750. The van der Waals surface area contributed by atoms with Crippen molar-refractivity contribution in [1.29, 1.82) is 0 Å². The first-order valence-electron chi connectivity index (χ1n) is 18.1. The molecule has 2 aromatic rings. The average molecular weight is 745 g/mol. The molecule has 0 bridgehead atoms. The van der Waals surface area contributed by atoms with Crippen LogP contribution < -0.4 is 9.80 Å². The summed E-state index contributed by atoms with van der Waals surface area (Å²) in [6.07, 6.45) is 4.82. The van der Waals surface area contributed by atoms with Gasteiger partial charge in [0.15, 0.2) is 0 Å². The van der Waals surface area contributed by atoms with Crippen LogP contribution in [0, 0.1) is 0 Å². The van der Waals surface area contributed by atoms with E-state index in [4.69, 9.17) is 0 Å². The molecule has 51 heavy (non-hydrogen) atoms. The van der Waals surface area contributed by atoms with Crippen LogP contribution in [0.2, 0.25) is 0 Å². The molecule has 7 rings (SSSR count). The van der Waals surface area contributed by atoms with E-state index in [1.165, 1.54) is 33.8 Å². The van der Waals surface area contributed by atoms with Crippen molar-refractivity contribution in [2.24, 2.45) is 0 Å². The van der Waals surface area contributed by atoms with E-state index >= 15 is 0 Å². The fourth-order valence-corrected chi connectivity index (χ4v) is 10.2. The molecule has 2 aromatic carbocycles. The van der Waals surface area contributed by atoms with Crippen LogP contribution in [0.3, 0.4) is 0 Å². The van der Waals surface area contributed by atoms with Crippen LogP contribution in [-0.4, -0.2) is 161 Å². The molecule has 0 N–H and O–H groups in total. The third-order valence-corrected chi connectivity index (χ3v) is 14.5. The SMILES string of the molecule is CN(C)S(=O)(=O)N1CCN(CC(=O)N2CCc3ccccc32)CC1.O=C(CN1CCN(S(=O)(=O)N2CCCCC2)CC1)N1CCc2ccccc21. The van der Waals surface area contributed by atoms with Crippen molar-refractivity contribution in [3.8, 4) is 0 Å². The molecule has 3 saturated heterocycles. The minimum absolute atomic E-state index is 0.0869. The molecule has 0 radical (unpaired) electrons. The van der Waals surface area contributed by atoms with Gasteiger partial charge in [0.05, 0.1) is 13.1 Å². The van der Waals surface area contributed by atoms with Gasteiger partial charge in [0.2, 0.25) is 11.8 Å². The third kappa shape index (κ3) is 8.65. The van der Waals surface area contributed by atoms with Gasteiger partial charge in [0.1, 0.15) is 0 Å². The molecule has 5 aliphatic heterocycles. The quantitative estimate of drug-likeness (QED) is 0.391. The standard InChI is InChI=1S/C19H28N4O3S.C16H24N4O3S/c24-19(23-11-8-17-6-2-3-7-18(17)23)16-20-12-14-22(15-13-20)27(25,26)21-9-4-1-5-10-21;1-17(2)24(22,23)19-11-9-18(10-12-19)13-16(21)20-8-7-14-5-3-4-6-15(14)20/h2-3,6-7H,1,4-5,8-16H2;3-6H,7-13H2,1-2H3. The molecule has 280 valence electrons. The van der Waals surface area contributed by atoms with E-state index in [2.05, 4.69) is 17.0 Å². The topological polar surface area (TPSA) is 128 Å². The number of carbonyl (C=O) groups excluding carboxylic acids is 2. The Morgan fingerprint density at radius 3 is 1.41 bits per heavy atom. The number of amides is 2. The number of piperidine rings is 1. The number of fused-ring (bicyclic) bond motifs is 2. The number of rotatable bonds is 8. The van der Waals surface area contributed by atoms with Crippen LogP contribution in [0.1, 0.15) is 30.4 Å². The molecule has 14 nitrogen and oxygen atoms in total. The molecule has 0 spiro atoms. The lowest BCUT2D eigenvalue weighted by Gasteiger charge is -2.37. The summed E-state index contributed by atoms with van der Waals surface area (Å²) in [6, 6.07) is 16.1. The average Bonchev–Trinajstić information content (AvgIpc) is 3.78. The van der Waals surface area contributed by atoms with Gasteiger partial charge >= 0.3 is 0 Å². The number of hydrogen-bond donors (Lipinski definition) is 0. The minimum Gasteiger partial charge on any atom is -0.311 e. The van der Waals surface area contributed by atoms with Crippen LogP contribution in [-0.2, 0) is 42.8 Å². The summed E-state index contributed by atoms with van der Waals surface area (Å²) in [5.74, 6) is 0.191. The van der Waals surface area contributed by atoms with Crippen LogP contribution in [0.4, 0.5) is 11.4 Å². The molecular weight excluding hydrogens is 693 g/mol. The van der Waals surface area contributed by atoms with Gasteiger partial charge in [-0.05, 0) is 48.9 Å². The Hall–Kier alpha value is -2.96. The lowest BCUT2D eigenvalue weighted by atomic mass is 10.2. The van der Waals surface area contributed by atoms with Crippen molar-refractivity contribution < 1.29 is 26.4 Å². The van der Waals surface area contributed by atoms with E-state index in [1.807, 2.05) is 51.1 Å². The first kappa shape index (κ1) is 37.8. The summed E-state index contributed by atoms with van der Waals surface area (Å²) in [7, 11) is -3.64. The summed E-state index contributed by atoms with van der Waals surface area (Å²) in [5, 5.41) is 0. The smallest absolute Gasteiger partial charge is 0.282 e. The number of piperazine rings is 2. The van der Waals surface area contributed by atoms with Gasteiger partial charge in [-0.1, -0.05) is 42.8 Å². The highest BCUT2D eigenvalue weighted by atomic mass is 32.2. The molecule has 0 unspecified atom stereocenters. The number of benzene rings is 2. The van der Waals surface area contributed by atoms with Gasteiger partial charge < -0.3 is 9.80 Å². The predicted octanol–water partition coefficient (Wildman–Crippen LogP) is 0.924. The van der Waals surface area contributed by atoms with Gasteiger partial charge in [-0.2, -0.15) is 34.1 Å². The number of carbonyl (C=O) groups is 2. The van der Waals surface area contributed by atoms with Crippen LogP contribution in [0.5, 0.6) is 0 Å². The maximum Gasteiger partial charge on any atom is 0.282 e. The van der Waals surface area contributed by atoms with E-state index in [-0.39, 0.29) is 11.8 Å². The number of anilines is 2. The highest BCUT2D eigenvalue weighted by Gasteiger charge is 2.35. The van der Waals surface area contributed by atoms with E-state index in [0.29, 0.717) is 78.5 Å². The second-order valence-electron chi connectivity index (χ2n) is 14.0. The summed E-state index contributed by atoms with van der Waals surface area (Å²) < 4.78 is 55.7. The molecule has 0 aromatic heterocycles. The first-order valence-corrected chi connectivity index (χ1v) is 20.9. The van der Waals surface area contributed by atoms with Crippen LogP contribution in [0.25, 0.3) is 0 Å². The molecular formula is C35H52N8O6S2. The number of hydrogen-bond acceptors (Lipinski definition) is 8. The minimum atomic E-state index is -3.36. The summed E-state index contributed by atoms with van der Waals surface area (Å²) in [6.45, 7) is 7.56. The fourth-order valence-electron chi connectivity index (χ4n) is 7.47. The van der Waals surface area contributed by atoms with Crippen molar-refractivity contribution in [2.75, 3.05) is 116 Å². The Labute approximate surface area is 303 Å². The van der Waals surface area contributed by atoms with Crippen molar-refractivity contribution in [2.45, 2.75) is 32.1 Å². The van der Waals surface area contributed by atoms with E-state index in [9.17, 15) is 26.4 Å². The van der Waals surface area contributed by atoms with E-state index in [1.54, 1.807) is 8.61 Å². The number of nitrogens with zero attached hydrogens (tertiary/aromatic N) is 8. The Kier molecular flexibility index (Phi) is 12.1. The second kappa shape index (κ2) is 16.4.